The highest BCUT2D eigenvalue weighted by atomic mass is 16.3. The van der Waals surface area contributed by atoms with Crippen molar-refractivity contribution in [2.24, 2.45) is 11.0 Å². The van der Waals surface area contributed by atoms with E-state index in [-0.39, 0.29) is 28.7 Å². The molecule has 0 saturated heterocycles. The summed E-state index contributed by atoms with van der Waals surface area (Å²) in [7, 11) is 0. The predicted molar refractivity (Wildman–Crippen MR) is 107 cm³/mol. The molecule has 0 bridgehead atoms. The Balaban J connectivity index is 1.54. The summed E-state index contributed by atoms with van der Waals surface area (Å²) >= 11 is 0. The second-order valence-corrected chi connectivity index (χ2v) is 6.94. The van der Waals surface area contributed by atoms with E-state index in [1.165, 1.54) is 24.4 Å². The molecule has 5 nitrogen and oxygen atoms in total. The molecule has 28 heavy (non-hydrogen) atoms. The fourth-order valence-electron chi connectivity index (χ4n) is 3.74. The molecule has 4 rings (SSSR count). The van der Waals surface area contributed by atoms with Crippen molar-refractivity contribution in [1.82, 2.24) is 5.43 Å². The van der Waals surface area contributed by atoms with E-state index < -0.39 is 0 Å². The van der Waals surface area contributed by atoms with E-state index >= 15 is 0 Å². The smallest absolute Gasteiger partial charge is 0.244 e. The molecule has 3 aromatic rings. The van der Waals surface area contributed by atoms with Gasteiger partial charge in [-0.25, -0.2) is 5.43 Å². The number of phenols is 2. The second-order valence-electron chi connectivity index (χ2n) is 6.94. The Morgan fingerprint density at radius 2 is 1.57 bits per heavy atom. The SMILES string of the molecule is O=C(N/N=C/c1ccc(O)cc1O)[C@H]1CC1(c1ccccc1)c1ccccc1. The van der Waals surface area contributed by atoms with Crippen molar-refractivity contribution >= 4 is 12.1 Å². The van der Waals surface area contributed by atoms with Crippen LogP contribution in [0, 0.1) is 5.92 Å². The molecule has 1 aliphatic carbocycles. The number of nitrogens with zero attached hydrogens (tertiary/aromatic N) is 1. The molecule has 0 radical (unpaired) electrons. The molecule has 1 aliphatic rings. The number of carbonyl (C=O) groups is 1. The number of amides is 1. The Bertz CT molecular complexity index is 977. The van der Waals surface area contributed by atoms with Gasteiger partial charge in [-0.3, -0.25) is 4.79 Å². The molecule has 140 valence electrons. The Kier molecular flexibility index (Phi) is 4.57. The van der Waals surface area contributed by atoms with E-state index in [0.29, 0.717) is 12.0 Å². The molecule has 1 atom stereocenters. The fraction of sp³-hybridized carbons (Fsp3) is 0.130. The van der Waals surface area contributed by atoms with E-state index in [9.17, 15) is 15.0 Å². The maximum Gasteiger partial charge on any atom is 0.244 e. The molecule has 5 heteroatoms. The minimum absolute atomic E-state index is 0.0350. The average Bonchev–Trinajstić information content (AvgIpc) is 3.48. The molecule has 0 spiro atoms. The van der Waals surface area contributed by atoms with Gasteiger partial charge >= 0.3 is 0 Å². The minimum atomic E-state index is -0.344. The van der Waals surface area contributed by atoms with E-state index in [1.54, 1.807) is 0 Å². The van der Waals surface area contributed by atoms with Gasteiger partial charge in [-0.1, -0.05) is 60.7 Å². The van der Waals surface area contributed by atoms with Crippen LogP contribution < -0.4 is 5.43 Å². The molecule has 0 heterocycles. The van der Waals surface area contributed by atoms with Crippen molar-refractivity contribution in [3.63, 3.8) is 0 Å². The number of phenolic OH excluding ortho intramolecular Hbond substituents is 2. The van der Waals surface area contributed by atoms with Crippen LogP contribution in [-0.2, 0) is 10.2 Å². The van der Waals surface area contributed by atoms with Crippen molar-refractivity contribution in [3.8, 4) is 11.5 Å². The molecule has 3 aromatic carbocycles. The summed E-state index contributed by atoms with van der Waals surface area (Å²) in [4.78, 5) is 12.8. The highest BCUT2D eigenvalue weighted by molar-refractivity contribution is 5.88. The normalized spacial score (nSPS) is 17.4. The molecular formula is C23H20N2O3. The third-order valence-corrected chi connectivity index (χ3v) is 5.25. The number of aromatic hydroxyl groups is 2. The van der Waals surface area contributed by atoms with Crippen molar-refractivity contribution in [1.29, 1.82) is 0 Å². The van der Waals surface area contributed by atoms with Crippen LogP contribution in [0.25, 0.3) is 0 Å². The van der Waals surface area contributed by atoms with Crippen LogP contribution in [0.3, 0.4) is 0 Å². The Morgan fingerprint density at radius 3 is 2.14 bits per heavy atom. The molecule has 0 aromatic heterocycles. The first kappa shape index (κ1) is 17.8. The van der Waals surface area contributed by atoms with Crippen LogP contribution >= 0.6 is 0 Å². The molecule has 1 fully saturated rings. The van der Waals surface area contributed by atoms with Crippen LogP contribution in [0.2, 0.25) is 0 Å². The van der Waals surface area contributed by atoms with Crippen molar-refractivity contribution in [2.45, 2.75) is 11.8 Å². The number of nitrogens with one attached hydrogen (secondary N) is 1. The van der Waals surface area contributed by atoms with Gasteiger partial charge in [0.1, 0.15) is 11.5 Å². The molecule has 0 unspecified atom stereocenters. The number of benzene rings is 3. The lowest BCUT2D eigenvalue weighted by Gasteiger charge is -2.18. The summed E-state index contributed by atoms with van der Waals surface area (Å²) in [6.07, 6.45) is 2.08. The number of hydrazone groups is 1. The Labute approximate surface area is 163 Å². The number of rotatable bonds is 5. The van der Waals surface area contributed by atoms with E-state index in [0.717, 1.165) is 11.1 Å². The number of carbonyl (C=O) groups excluding carboxylic acids is 1. The quantitative estimate of drug-likeness (QED) is 0.473. The zero-order valence-electron chi connectivity index (χ0n) is 15.1. The zero-order valence-corrected chi connectivity index (χ0v) is 15.1. The first-order chi connectivity index (χ1) is 13.6. The lowest BCUT2D eigenvalue weighted by molar-refractivity contribution is -0.122. The van der Waals surface area contributed by atoms with Crippen molar-refractivity contribution in [2.75, 3.05) is 0 Å². The third kappa shape index (κ3) is 3.22. The molecule has 3 N–H and O–H groups in total. The zero-order chi connectivity index (χ0) is 19.6. The molecule has 1 amide bonds. The molecular weight excluding hydrogens is 352 g/mol. The van der Waals surface area contributed by atoms with Gasteiger partial charge < -0.3 is 10.2 Å². The minimum Gasteiger partial charge on any atom is -0.508 e. The van der Waals surface area contributed by atoms with Crippen LogP contribution in [0.15, 0.2) is 84.0 Å². The topological polar surface area (TPSA) is 81.9 Å². The van der Waals surface area contributed by atoms with Crippen LogP contribution in [0.1, 0.15) is 23.1 Å². The summed E-state index contributed by atoms with van der Waals surface area (Å²) in [5.74, 6) is -0.524. The highest BCUT2D eigenvalue weighted by Crippen LogP contribution is 2.58. The van der Waals surface area contributed by atoms with Gasteiger partial charge in [0.05, 0.1) is 12.1 Å². The second kappa shape index (κ2) is 7.19. The average molecular weight is 372 g/mol. The number of hydrogen-bond acceptors (Lipinski definition) is 4. The molecule has 0 aliphatic heterocycles. The Hall–Kier alpha value is -3.60. The van der Waals surface area contributed by atoms with Crippen LogP contribution in [0.4, 0.5) is 0 Å². The summed E-state index contributed by atoms with van der Waals surface area (Å²) in [6.45, 7) is 0. The first-order valence-electron chi connectivity index (χ1n) is 9.07. The largest absolute Gasteiger partial charge is 0.508 e. The fourth-order valence-corrected chi connectivity index (χ4v) is 3.74. The Morgan fingerprint density at radius 1 is 0.964 bits per heavy atom. The standard InChI is InChI=1S/C23H20N2O3/c26-19-12-11-16(21(27)13-19)15-24-25-22(28)20-14-23(20,17-7-3-1-4-8-17)18-9-5-2-6-10-18/h1-13,15,20,26-27H,14H2,(H,25,28)/b24-15+/t20-/m1/s1. The monoisotopic (exact) mass is 372 g/mol. The maximum absolute atomic E-state index is 12.8. The van der Waals surface area contributed by atoms with E-state index in [2.05, 4.69) is 34.8 Å². The first-order valence-corrected chi connectivity index (χ1v) is 9.07. The highest BCUT2D eigenvalue weighted by Gasteiger charge is 2.60. The van der Waals surface area contributed by atoms with Gasteiger partial charge in [0.2, 0.25) is 5.91 Å². The van der Waals surface area contributed by atoms with Crippen molar-refractivity contribution in [3.05, 3.63) is 95.6 Å². The van der Waals surface area contributed by atoms with Crippen LogP contribution in [0.5, 0.6) is 11.5 Å². The van der Waals surface area contributed by atoms with Gasteiger partial charge in [-0.05, 0) is 29.7 Å². The summed E-state index contributed by atoms with van der Waals surface area (Å²) < 4.78 is 0. The lowest BCUT2D eigenvalue weighted by atomic mass is 9.85. The summed E-state index contributed by atoms with van der Waals surface area (Å²) in [5, 5.41) is 23.1. The lowest BCUT2D eigenvalue weighted by Crippen LogP contribution is -2.25. The molecule has 1 saturated carbocycles. The van der Waals surface area contributed by atoms with Crippen LogP contribution in [-0.4, -0.2) is 22.3 Å². The van der Waals surface area contributed by atoms with E-state index in [1.807, 2.05) is 36.4 Å². The van der Waals surface area contributed by atoms with Gasteiger partial charge in [0.25, 0.3) is 0 Å². The van der Waals surface area contributed by atoms with Gasteiger partial charge in [0, 0.05) is 17.0 Å². The predicted octanol–water partition coefficient (Wildman–Crippen LogP) is 3.55. The number of hydrogen-bond donors (Lipinski definition) is 3. The van der Waals surface area contributed by atoms with Gasteiger partial charge in [-0.2, -0.15) is 5.10 Å². The summed E-state index contributed by atoms with van der Waals surface area (Å²) in [5.41, 5.74) is 4.88. The van der Waals surface area contributed by atoms with E-state index in [4.69, 9.17) is 0 Å². The van der Waals surface area contributed by atoms with Gasteiger partial charge in [-0.15, -0.1) is 0 Å². The summed E-state index contributed by atoms with van der Waals surface area (Å²) in [6, 6.07) is 24.3. The third-order valence-electron chi connectivity index (χ3n) is 5.25. The maximum atomic E-state index is 12.8. The van der Waals surface area contributed by atoms with Gasteiger partial charge in [0.15, 0.2) is 0 Å². The van der Waals surface area contributed by atoms with Crippen molar-refractivity contribution < 1.29 is 15.0 Å².